The molecule has 42 heavy (non-hydrogen) atoms. The van der Waals surface area contributed by atoms with Crippen LogP contribution in [0.25, 0.3) is 39.4 Å². The van der Waals surface area contributed by atoms with Gasteiger partial charge in [0.1, 0.15) is 23.8 Å². The third kappa shape index (κ3) is 5.73. The standard InChI is InChI=1S/C33H29N5O3S/c1-3-5-20-41-28-17-13-24(14-18-28)31-34-33-38(36-31)32(39)29(42-33)21-25-22-37(26-9-7-6-8-10-26)35-30(25)23-11-15-27(16-12-23)40-19-4-2/h4,6-18,21-22H,2-3,5,19-20H2,1H3. The van der Waals surface area contributed by atoms with Crippen LogP contribution in [0.2, 0.25) is 0 Å². The molecule has 0 radical (unpaired) electrons. The van der Waals surface area contributed by atoms with Gasteiger partial charge in [0, 0.05) is 22.9 Å². The van der Waals surface area contributed by atoms with Crippen LogP contribution in [0.15, 0.2) is 103 Å². The van der Waals surface area contributed by atoms with Crippen molar-refractivity contribution >= 4 is 22.4 Å². The third-order valence-electron chi connectivity index (χ3n) is 6.61. The Morgan fingerprint density at radius 3 is 2.31 bits per heavy atom. The minimum absolute atomic E-state index is 0.222. The molecule has 6 aromatic rings. The molecule has 0 aliphatic heterocycles. The monoisotopic (exact) mass is 575 g/mol. The molecule has 8 nitrogen and oxygen atoms in total. The Bertz CT molecular complexity index is 1920. The van der Waals surface area contributed by atoms with Crippen LogP contribution in [-0.4, -0.2) is 37.6 Å². The topological polar surface area (TPSA) is 83.5 Å². The van der Waals surface area contributed by atoms with Crippen LogP contribution in [0.1, 0.15) is 25.3 Å². The maximum Gasteiger partial charge on any atom is 0.291 e. The zero-order valence-corrected chi connectivity index (χ0v) is 24.0. The van der Waals surface area contributed by atoms with Gasteiger partial charge in [-0.05, 0) is 73.2 Å². The summed E-state index contributed by atoms with van der Waals surface area (Å²) in [6.07, 6.45) is 7.59. The lowest BCUT2D eigenvalue weighted by molar-refractivity contribution is 0.309. The highest BCUT2D eigenvalue weighted by Gasteiger charge is 2.15. The molecule has 3 heterocycles. The van der Waals surface area contributed by atoms with Gasteiger partial charge in [-0.25, -0.2) is 4.68 Å². The van der Waals surface area contributed by atoms with E-state index in [-0.39, 0.29) is 5.56 Å². The van der Waals surface area contributed by atoms with Gasteiger partial charge in [-0.3, -0.25) is 4.79 Å². The SMILES string of the molecule is C=CCOc1ccc(-c2nn(-c3ccccc3)cc2C=c2sc3nc(-c4ccc(OCCCC)cc4)nn3c2=O)cc1. The van der Waals surface area contributed by atoms with Crippen molar-refractivity contribution in [3.63, 3.8) is 0 Å². The molecule has 0 N–H and O–H groups in total. The molecule has 0 saturated carbocycles. The number of benzene rings is 3. The number of nitrogens with zero attached hydrogens (tertiary/aromatic N) is 5. The van der Waals surface area contributed by atoms with Gasteiger partial charge in [0.05, 0.1) is 16.8 Å². The maximum absolute atomic E-state index is 13.4. The summed E-state index contributed by atoms with van der Waals surface area (Å²) in [5.74, 6) is 2.05. The highest BCUT2D eigenvalue weighted by atomic mass is 32.1. The number of ether oxygens (including phenoxy) is 2. The van der Waals surface area contributed by atoms with Crippen LogP contribution in [0, 0.1) is 0 Å². The van der Waals surface area contributed by atoms with Gasteiger partial charge in [0.2, 0.25) is 4.96 Å². The molecule has 0 aliphatic rings. The highest BCUT2D eigenvalue weighted by molar-refractivity contribution is 7.15. The average Bonchev–Trinajstić information content (AvgIpc) is 3.72. The minimum atomic E-state index is -0.222. The predicted octanol–water partition coefficient (Wildman–Crippen LogP) is 5.96. The first-order chi connectivity index (χ1) is 20.6. The summed E-state index contributed by atoms with van der Waals surface area (Å²) in [6, 6.07) is 25.2. The Morgan fingerprint density at radius 2 is 1.62 bits per heavy atom. The van der Waals surface area contributed by atoms with E-state index in [2.05, 4.69) is 23.6 Å². The Morgan fingerprint density at radius 1 is 0.905 bits per heavy atom. The maximum atomic E-state index is 13.4. The highest BCUT2D eigenvalue weighted by Crippen LogP contribution is 2.27. The van der Waals surface area contributed by atoms with Crippen LogP contribution >= 0.6 is 11.3 Å². The van der Waals surface area contributed by atoms with E-state index in [1.165, 1.54) is 15.9 Å². The van der Waals surface area contributed by atoms with E-state index in [1.54, 1.807) is 6.08 Å². The van der Waals surface area contributed by atoms with Crippen molar-refractivity contribution in [2.45, 2.75) is 19.8 Å². The van der Waals surface area contributed by atoms with Crippen molar-refractivity contribution < 1.29 is 9.47 Å². The fourth-order valence-corrected chi connectivity index (χ4v) is 5.32. The fraction of sp³-hybridized carbons (Fsp3) is 0.152. The first-order valence-electron chi connectivity index (χ1n) is 13.8. The first-order valence-corrected chi connectivity index (χ1v) is 14.6. The zero-order valence-electron chi connectivity index (χ0n) is 23.1. The largest absolute Gasteiger partial charge is 0.494 e. The molecule has 3 aromatic carbocycles. The summed E-state index contributed by atoms with van der Waals surface area (Å²) in [5, 5.41) is 9.40. The van der Waals surface area contributed by atoms with Gasteiger partial charge >= 0.3 is 0 Å². The van der Waals surface area contributed by atoms with Gasteiger partial charge in [-0.1, -0.05) is 55.5 Å². The molecule has 0 amide bonds. The van der Waals surface area contributed by atoms with Crippen LogP contribution < -0.4 is 19.6 Å². The van der Waals surface area contributed by atoms with Gasteiger partial charge in [-0.2, -0.15) is 14.6 Å². The summed E-state index contributed by atoms with van der Waals surface area (Å²) in [4.78, 5) is 18.6. The average molecular weight is 576 g/mol. The Labute approximate surface area is 246 Å². The molecular weight excluding hydrogens is 546 g/mol. The van der Waals surface area contributed by atoms with Crippen molar-refractivity contribution in [3.05, 3.63) is 118 Å². The number of hydrogen-bond donors (Lipinski definition) is 0. The smallest absolute Gasteiger partial charge is 0.291 e. The number of rotatable bonds is 11. The Kier molecular flexibility index (Phi) is 7.91. The summed E-state index contributed by atoms with van der Waals surface area (Å²) < 4.78 is 15.1. The minimum Gasteiger partial charge on any atom is -0.494 e. The predicted molar refractivity (Wildman–Crippen MR) is 166 cm³/mol. The van der Waals surface area contributed by atoms with Crippen molar-refractivity contribution in [2.24, 2.45) is 0 Å². The lowest BCUT2D eigenvalue weighted by Crippen LogP contribution is -2.23. The number of thiazole rings is 1. The molecule has 210 valence electrons. The van der Waals surface area contributed by atoms with Crippen molar-refractivity contribution in [3.8, 4) is 39.8 Å². The van der Waals surface area contributed by atoms with E-state index in [0.717, 1.165) is 52.4 Å². The van der Waals surface area contributed by atoms with Crippen molar-refractivity contribution in [1.82, 2.24) is 24.4 Å². The molecule has 0 aliphatic carbocycles. The molecule has 0 spiro atoms. The second kappa shape index (κ2) is 12.2. The van der Waals surface area contributed by atoms with E-state index in [0.29, 0.717) is 28.5 Å². The number of unbranched alkanes of at least 4 members (excludes halogenated alkanes) is 1. The Hall–Kier alpha value is -5.02. The second-order valence-corrected chi connectivity index (χ2v) is 10.6. The molecule has 3 aromatic heterocycles. The van der Waals surface area contributed by atoms with Crippen molar-refractivity contribution in [1.29, 1.82) is 0 Å². The molecule has 0 fully saturated rings. The first kappa shape index (κ1) is 27.2. The quantitative estimate of drug-likeness (QED) is 0.140. The Balaban J connectivity index is 1.35. The van der Waals surface area contributed by atoms with Crippen LogP contribution in [0.5, 0.6) is 11.5 Å². The molecule has 0 atom stereocenters. The van der Waals surface area contributed by atoms with E-state index < -0.39 is 0 Å². The van der Waals surface area contributed by atoms with E-state index in [1.807, 2.05) is 95.8 Å². The number of fused-ring (bicyclic) bond motifs is 1. The number of aromatic nitrogens is 5. The van der Waals surface area contributed by atoms with E-state index >= 15 is 0 Å². The number of hydrogen-bond acceptors (Lipinski definition) is 7. The molecule has 0 bridgehead atoms. The second-order valence-electron chi connectivity index (χ2n) is 9.61. The van der Waals surface area contributed by atoms with Gasteiger partial charge < -0.3 is 9.47 Å². The summed E-state index contributed by atoms with van der Waals surface area (Å²) >= 11 is 1.30. The lowest BCUT2D eigenvalue weighted by atomic mass is 10.1. The molecule has 9 heteroatoms. The summed E-state index contributed by atoms with van der Waals surface area (Å²) in [7, 11) is 0. The van der Waals surface area contributed by atoms with Crippen LogP contribution in [-0.2, 0) is 0 Å². The lowest BCUT2D eigenvalue weighted by Gasteiger charge is -2.05. The zero-order chi connectivity index (χ0) is 28.9. The molecular formula is C33H29N5O3S. The van der Waals surface area contributed by atoms with Gasteiger partial charge in [0.15, 0.2) is 5.82 Å². The fourth-order valence-electron chi connectivity index (χ4n) is 4.43. The molecule has 6 rings (SSSR count). The normalized spacial score (nSPS) is 11.7. The molecule has 0 unspecified atom stereocenters. The summed E-state index contributed by atoms with van der Waals surface area (Å²) in [6.45, 7) is 6.95. The van der Waals surface area contributed by atoms with Gasteiger partial charge in [0.25, 0.3) is 5.56 Å². The number of para-hydroxylation sites is 1. The van der Waals surface area contributed by atoms with Gasteiger partial charge in [-0.15, -0.1) is 5.10 Å². The van der Waals surface area contributed by atoms with Crippen molar-refractivity contribution in [2.75, 3.05) is 13.2 Å². The summed E-state index contributed by atoms with van der Waals surface area (Å²) in [5.41, 5.74) is 3.97. The molecule has 0 saturated heterocycles. The van der Waals surface area contributed by atoms with E-state index in [9.17, 15) is 4.79 Å². The third-order valence-corrected chi connectivity index (χ3v) is 7.57. The van der Waals surface area contributed by atoms with Crippen LogP contribution in [0.3, 0.4) is 0 Å². The van der Waals surface area contributed by atoms with E-state index in [4.69, 9.17) is 14.6 Å². The van der Waals surface area contributed by atoms with Crippen LogP contribution in [0.4, 0.5) is 0 Å².